The van der Waals surface area contributed by atoms with Crippen molar-refractivity contribution in [2.24, 2.45) is 5.92 Å². The smallest absolute Gasteiger partial charge is 0.190 e. The van der Waals surface area contributed by atoms with E-state index in [2.05, 4.69) is 0 Å². The number of hydrogen-bond donors (Lipinski definition) is 1. The van der Waals surface area contributed by atoms with Crippen molar-refractivity contribution in [3.05, 3.63) is 29.3 Å². The molecule has 1 aromatic rings. The lowest BCUT2D eigenvalue weighted by molar-refractivity contribution is 0.246. The second-order valence-electron chi connectivity index (χ2n) is 4.07. The van der Waals surface area contributed by atoms with Crippen LogP contribution in [0.5, 0.6) is 5.75 Å². The van der Waals surface area contributed by atoms with Crippen molar-refractivity contribution in [3.63, 3.8) is 0 Å². The minimum absolute atomic E-state index is 0.134. The Morgan fingerprint density at radius 1 is 1.25 bits per heavy atom. The first kappa shape index (κ1) is 12.9. The Bertz CT molecular complexity index is 328. The van der Waals surface area contributed by atoms with Gasteiger partial charge in [-0.3, -0.25) is 0 Å². The maximum Gasteiger partial charge on any atom is 0.190 e. The van der Waals surface area contributed by atoms with Crippen LogP contribution in [-0.4, -0.2) is 18.3 Å². The lowest BCUT2D eigenvalue weighted by Crippen LogP contribution is -2.08. The molecule has 0 aliphatic rings. The molecule has 16 heavy (non-hydrogen) atoms. The highest BCUT2D eigenvalue weighted by Gasteiger charge is 2.12. The number of hydrogen-bond acceptors (Lipinski definition) is 2. The number of aliphatic hydroxyl groups is 1. The van der Waals surface area contributed by atoms with Crippen molar-refractivity contribution in [1.29, 1.82) is 0 Å². The van der Waals surface area contributed by atoms with Gasteiger partial charge in [0.2, 0.25) is 0 Å². The summed E-state index contributed by atoms with van der Waals surface area (Å²) in [6.07, 6.45) is 0.234. The lowest BCUT2D eigenvalue weighted by atomic mass is 10.1. The molecule has 1 N–H and O–H groups in total. The number of benzene rings is 1. The van der Waals surface area contributed by atoms with E-state index in [1.54, 1.807) is 0 Å². The number of aliphatic hydroxyl groups excluding tert-OH is 1. The quantitative estimate of drug-likeness (QED) is 0.842. The Labute approximate surface area is 93.9 Å². The average molecular weight is 230 g/mol. The van der Waals surface area contributed by atoms with Gasteiger partial charge in [-0.05, 0) is 30.0 Å². The van der Waals surface area contributed by atoms with Gasteiger partial charge >= 0.3 is 0 Å². The number of rotatable bonds is 5. The second kappa shape index (κ2) is 5.80. The summed E-state index contributed by atoms with van der Waals surface area (Å²) >= 11 is 0. The summed E-state index contributed by atoms with van der Waals surface area (Å²) in [5.74, 6) is -1.57. The van der Waals surface area contributed by atoms with Gasteiger partial charge in [-0.25, -0.2) is 8.78 Å². The highest BCUT2D eigenvalue weighted by atomic mass is 19.1. The molecule has 0 saturated heterocycles. The first-order chi connectivity index (χ1) is 7.54. The molecular formula is C12H16F2O2. The summed E-state index contributed by atoms with van der Waals surface area (Å²) in [5, 5.41) is 8.67. The monoisotopic (exact) mass is 230 g/mol. The fraction of sp³-hybridized carbons (Fsp3) is 0.500. The highest BCUT2D eigenvalue weighted by Crippen LogP contribution is 2.24. The lowest BCUT2D eigenvalue weighted by Gasteiger charge is -2.11. The standard InChI is InChI=1S/C12H16F2O2/c1-8(2)7-16-12-10(13)5-9(3-4-15)6-11(12)14/h5-6,8,15H,3-4,7H2,1-2H3. The average Bonchev–Trinajstić information content (AvgIpc) is 2.16. The molecule has 0 aliphatic carbocycles. The molecule has 0 heterocycles. The zero-order valence-electron chi connectivity index (χ0n) is 9.46. The van der Waals surface area contributed by atoms with Crippen LogP contribution in [0.1, 0.15) is 19.4 Å². The summed E-state index contributed by atoms with van der Waals surface area (Å²) in [6, 6.07) is 2.38. The van der Waals surface area contributed by atoms with Gasteiger partial charge in [-0.2, -0.15) is 0 Å². The van der Waals surface area contributed by atoms with Crippen molar-refractivity contribution in [2.45, 2.75) is 20.3 Å². The van der Waals surface area contributed by atoms with Crippen LogP contribution >= 0.6 is 0 Å². The van der Waals surface area contributed by atoms with Crippen molar-refractivity contribution >= 4 is 0 Å². The number of ether oxygens (including phenoxy) is 1. The van der Waals surface area contributed by atoms with E-state index in [1.165, 1.54) is 12.1 Å². The summed E-state index contributed by atoms with van der Waals surface area (Å²) in [5.41, 5.74) is 0.425. The van der Waals surface area contributed by atoms with Crippen molar-refractivity contribution in [3.8, 4) is 5.75 Å². The van der Waals surface area contributed by atoms with Crippen molar-refractivity contribution in [2.75, 3.05) is 13.2 Å². The normalized spacial score (nSPS) is 10.9. The van der Waals surface area contributed by atoms with E-state index < -0.39 is 11.6 Å². The molecule has 0 amide bonds. The Hall–Kier alpha value is -1.16. The van der Waals surface area contributed by atoms with Gasteiger partial charge in [0.25, 0.3) is 0 Å². The maximum absolute atomic E-state index is 13.4. The molecule has 0 atom stereocenters. The largest absolute Gasteiger partial charge is 0.487 e. The number of halogens is 2. The van der Waals surface area contributed by atoms with E-state index in [9.17, 15) is 8.78 Å². The van der Waals surface area contributed by atoms with Gasteiger partial charge < -0.3 is 9.84 Å². The van der Waals surface area contributed by atoms with Crippen LogP contribution in [0.4, 0.5) is 8.78 Å². The first-order valence-electron chi connectivity index (χ1n) is 5.26. The van der Waals surface area contributed by atoms with E-state index >= 15 is 0 Å². The predicted octanol–water partition coefficient (Wildman–Crippen LogP) is 2.53. The Morgan fingerprint density at radius 2 is 1.81 bits per heavy atom. The van der Waals surface area contributed by atoms with Gasteiger partial charge in [-0.1, -0.05) is 13.8 Å². The molecule has 0 aromatic heterocycles. The molecule has 0 bridgehead atoms. The zero-order valence-corrected chi connectivity index (χ0v) is 9.46. The van der Waals surface area contributed by atoms with Crippen LogP contribution in [0, 0.1) is 17.6 Å². The summed E-state index contributed by atoms with van der Waals surface area (Å²) in [4.78, 5) is 0. The van der Waals surface area contributed by atoms with Crippen LogP contribution in [-0.2, 0) is 6.42 Å². The van der Waals surface area contributed by atoms with E-state index in [-0.39, 0.29) is 31.3 Å². The molecule has 1 aromatic carbocycles. The van der Waals surface area contributed by atoms with Gasteiger partial charge in [0.05, 0.1) is 6.61 Å². The molecule has 90 valence electrons. The van der Waals surface area contributed by atoms with Crippen LogP contribution in [0.15, 0.2) is 12.1 Å². The summed E-state index contributed by atoms with van der Waals surface area (Å²) in [7, 11) is 0. The van der Waals surface area contributed by atoms with E-state index in [4.69, 9.17) is 9.84 Å². The van der Waals surface area contributed by atoms with Crippen LogP contribution in [0.2, 0.25) is 0 Å². The molecular weight excluding hydrogens is 214 g/mol. The minimum Gasteiger partial charge on any atom is -0.487 e. The highest BCUT2D eigenvalue weighted by molar-refractivity contribution is 5.31. The van der Waals surface area contributed by atoms with E-state index in [1.807, 2.05) is 13.8 Å². The fourth-order valence-corrected chi connectivity index (χ4v) is 1.27. The van der Waals surface area contributed by atoms with E-state index in [0.29, 0.717) is 5.56 Å². The second-order valence-corrected chi connectivity index (χ2v) is 4.07. The molecule has 2 nitrogen and oxygen atoms in total. The van der Waals surface area contributed by atoms with Crippen molar-refractivity contribution in [1.82, 2.24) is 0 Å². The zero-order chi connectivity index (χ0) is 12.1. The molecule has 0 spiro atoms. The first-order valence-corrected chi connectivity index (χ1v) is 5.26. The third kappa shape index (κ3) is 3.45. The van der Waals surface area contributed by atoms with Gasteiger partial charge in [0, 0.05) is 6.61 Å². The molecule has 1 rings (SSSR count). The maximum atomic E-state index is 13.4. The van der Waals surface area contributed by atoms with Gasteiger partial charge in [-0.15, -0.1) is 0 Å². The molecule has 0 fully saturated rings. The SMILES string of the molecule is CC(C)COc1c(F)cc(CCO)cc1F. The Balaban J connectivity index is 2.85. The minimum atomic E-state index is -0.718. The Morgan fingerprint density at radius 3 is 2.25 bits per heavy atom. The summed E-state index contributed by atoms with van der Waals surface area (Å²) in [6.45, 7) is 3.93. The predicted molar refractivity (Wildman–Crippen MR) is 57.5 cm³/mol. The van der Waals surface area contributed by atoms with Crippen LogP contribution in [0.3, 0.4) is 0 Å². The van der Waals surface area contributed by atoms with Gasteiger partial charge in [0.1, 0.15) is 0 Å². The third-order valence-corrected chi connectivity index (χ3v) is 2.02. The molecule has 0 unspecified atom stereocenters. The summed E-state index contributed by atoms with van der Waals surface area (Å²) < 4.78 is 31.9. The fourth-order valence-electron chi connectivity index (χ4n) is 1.27. The molecule has 0 saturated carbocycles. The topological polar surface area (TPSA) is 29.5 Å². The van der Waals surface area contributed by atoms with Gasteiger partial charge in [0.15, 0.2) is 17.4 Å². The third-order valence-electron chi connectivity index (χ3n) is 2.02. The van der Waals surface area contributed by atoms with E-state index in [0.717, 1.165) is 0 Å². The molecule has 4 heteroatoms. The Kier molecular flexibility index (Phi) is 4.68. The van der Waals surface area contributed by atoms with Crippen LogP contribution < -0.4 is 4.74 Å². The molecule has 0 aliphatic heterocycles. The molecule has 0 radical (unpaired) electrons. The van der Waals surface area contributed by atoms with Crippen LogP contribution in [0.25, 0.3) is 0 Å². The van der Waals surface area contributed by atoms with Crippen molar-refractivity contribution < 1.29 is 18.6 Å².